The molecule has 1 N–H and O–H groups in total. The van der Waals surface area contributed by atoms with Gasteiger partial charge in [-0.15, -0.1) is 0 Å². The second-order valence-electron chi connectivity index (χ2n) is 5.48. The van der Waals surface area contributed by atoms with Crippen molar-refractivity contribution in [2.24, 2.45) is 17.8 Å². The minimum atomic E-state index is -0.280. The summed E-state index contributed by atoms with van der Waals surface area (Å²) in [6.45, 7) is 0. The molecule has 0 heterocycles. The van der Waals surface area contributed by atoms with E-state index in [2.05, 4.69) is 17.5 Å². The number of carbonyl (C=O) groups is 1. The van der Waals surface area contributed by atoms with E-state index in [1.54, 1.807) is 12.1 Å². The number of halogens is 1. The normalized spacial score (nSPS) is 30.7. The Labute approximate surface area is 112 Å². The predicted octanol–water partition coefficient (Wildman–Crippen LogP) is 3.76. The molecule has 1 amide bonds. The van der Waals surface area contributed by atoms with Crippen molar-refractivity contribution in [3.05, 3.63) is 42.2 Å². The summed E-state index contributed by atoms with van der Waals surface area (Å²) in [4.78, 5) is 12.2. The molecule has 1 fully saturated rings. The predicted molar refractivity (Wildman–Crippen MR) is 73.1 cm³/mol. The Hall–Kier alpha value is -1.64. The standard InChI is InChI=1S/C16H18FNO/c17-11-7-9-12(10-8-11)18-16(19)15-13-5-3-1-2-4-6-14(13)15/h1-2,7-10,13-15H,3-6H2,(H,18,19)/b2-1-/t13-,14-/m0/s1. The molecule has 2 atom stereocenters. The van der Waals surface area contributed by atoms with Gasteiger partial charge in [0.05, 0.1) is 0 Å². The van der Waals surface area contributed by atoms with E-state index in [9.17, 15) is 9.18 Å². The molecule has 0 aromatic heterocycles. The minimum Gasteiger partial charge on any atom is -0.326 e. The summed E-state index contributed by atoms with van der Waals surface area (Å²) in [7, 11) is 0. The molecule has 0 aliphatic heterocycles. The number of hydrogen-bond donors (Lipinski definition) is 1. The number of fused-ring (bicyclic) bond motifs is 1. The minimum absolute atomic E-state index is 0.100. The van der Waals surface area contributed by atoms with E-state index < -0.39 is 0 Å². The van der Waals surface area contributed by atoms with Crippen molar-refractivity contribution in [3.63, 3.8) is 0 Å². The lowest BCUT2D eigenvalue weighted by Crippen LogP contribution is -2.15. The van der Waals surface area contributed by atoms with Crippen molar-refractivity contribution < 1.29 is 9.18 Å². The number of rotatable bonds is 2. The van der Waals surface area contributed by atoms with E-state index in [0.29, 0.717) is 17.5 Å². The second-order valence-corrected chi connectivity index (χ2v) is 5.48. The number of carbonyl (C=O) groups excluding carboxylic acids is 1. The highest BCUT2D eigenvalue weighted by atomic mass is 19.1. The van der Waals surface area contributed by atoms with E-state index in [4.69, 9.17) is 0 Å². The zero-order valence-electron chi connectivity index (χ0n) is 10.8. The average molecular weight is 259 g/mol. The summed E-state index contributed by atoms with van der Waals surface area (Å²) >= 11 is 0. The maximum absolute atomic E-state index is 12.8. The highest BCUT2D eigenvalue weighted by Crippen LogP contribution is 2.53. The quantitative estimate of drug-likeness (QED) is 0.805. The summed E-state index contributed by atoms with van der Waals surface area (Å²) in [6, 6.07) is 5.96. The first-order chi connectivity index (χ1) is 9.25. The molecule has 2 nitrogen and oxygen atoms in total. The largest absolute Gasteiger partial charge is 0.326 e. The summed E-state index contributed by atoms with van der Waals surface area (Å²) in [6.07, 6.45) is 8.85. The van der Waals surface area contributed by atoms with E-state index >= 15 is 0 Å². The molecule has 0 radical (unpaired) electrons. The van der Waals surface area contributed by atoms with Crippen molar-refractivity contribution in [1.29, 1.82) is 0 Å². The number of allylic oxidation sites excluding steroid dienone is 2. The van der Waals surface area contributed by atoms with Gasteiger partial charge in [-0.25, -0.2) is 4.39 Å². The van der Waals surface area contributed by atoms with Gasteiger partial charge >= 0.3 is 0 Å². The molecular formula is C16H18FNO. The third-order valence-electron chi connectivity index (χ3n) is 4.25. The van der Waals surface area contributed by atoms with Gasteiger partial charge in [0.2, 0.25) is 5.91 Å². The molecular weight excluding hydrogens is 241 g/mol. The van der Waals surface area contributed by atoms with Crippen LogP contribution in [0.2, 0.25) is 0 Å². The van der Waals surface area contributed by atoms with Gasteiger partial charge in [-0.05, 0) is 61.8 Å². The van der Waals surface area contributed by atoms with Crippen LogP contribution in [0.4, 0.5) is 10.1 Å². The molecule has 1 aromatic rings. The third-order valence-corrected chi connectivity index (χ3v) is 4.25. The molecule has 0 spiro atoms. The highest BCUT2D eigenvalue weighted by Gasteiger charge is 2.53. The number of amides is 1. The van der Waals surface area contributed by atoms with Gasteiger partial charge < -0.3 is 5.32 Å². The van der Waals surface area contributed by atoms with Crippen molar-refractivity contribution in [1.82, 2.24) is 0 Å². The zero-order chi connectivity index (χ0) is 13.2. The fourth-order valence-corrected chi connectivity index (χ4v) is 3.19. The van der Waals surface area contributed by atoms with Crippen LogP contribution in [-0.2, 0) is 4.79 Å². The Morgan fingerprint density at radius 2 is 1.63 bits per heavy atom. The SMILES string of the molecule is O=C(Nc1ccc(F)cc1)C1[C@H]2CC/C=C\CC[C@H]12. The molecule has 100 valence electrons. The first-order valence-corrected chi connectivity index (χ1v) is 6.97. The van der Waals surface area contributed by atoms with E-state index in [1.165, 1.54) is 12.1 Å². The van der Waals surface area contributed by atoms with E-state index in [-0.39, 0.29) is 17.6 Å². The Kier molecular flexibility index (Phi) is 3.36. The van der Waals surface area contributed by atoms with Gasteiger partial charge in [-0.2, -0.15) is 0 Å². The van der Waals surface area contributed by atoms with Crippen molar-refractivity contribution in [3.8, 4) is 0 Å². The van der Waals surface area contributed by atoms with Gasteiger partial charge in [0.1, 0.15) is 5.82 Å². The lowest BCUT2D eigenvalue weighted by molar-refractivity contribution is -0.117. The maximum atomic E-state index is 12.8. The number of benzene rings is 1. The summed E-state index contributed by atoms with van der Waals surface area (Å²) < 4.78 is 12.8. The number of nitrogens with one attached hydrogen (secondary N) is 1. The Bertz CT molecular complexity index is 478. The highest BCUT2D eigenvalue weighted by molar-refractivity contribution is 5.94. The fourth-order valence-electron chi connectivity index (χ4n) is 3.19. The van der Waals surface area contributed by atoms with Crippen LogP contribution in [0.15, 0.2) is 36.4 Å². The molecule has 3 rings (SSSR count). The monoisotopic (exact) mass is 259 g/mol. The van der Waals surface area contributed by atoms with Crippen LogP contribution < -0.4 is 5.32 Å². The molecule has 3 heteroatoms. The lowest BCUT2D eigenvalue weighted by atomic mass is 10.1. The van der Waals surface area contributed by atoms with Crippen molar-refractivity contribution in [2.75, 3.05) is 5.32 Å². The number of anilines is 1. The van der Waals surface area contributed by atoms with Gasteiger partial charge in [-0.1, -0.05) is 12.2 Å². The Morgan fingerprint density at radius 1 is 1.05 bits per heavy atom. The van der Waals surface area contributed by atoms with Crippen LogP contribution >= 0.6 is 0 Å². The average Bonchev–Trinajstić information content (AvgIpc) is 3.03. The maximum Gasteiger partial charge on any atom is 0.228 e. The van der Waals surface area contributed by atoms with Crippen LogP contribution in [-0.4, -0.2) is 5.91 Å². The van der Waals surface area contributed by atoms with Crippen LogP contribution in [0.1, 0.15) is 25.7 Å². The molecule has 19 heavy (non-hydrogen) atoms. The van der Waals surface area contributed by atoms with Crippen LogP contribution in [0.25, 0.3) is 0 Å². The van der Waals surface area contributed by atoms with Gasteiger partial charge in [0.25, 0.3) is 0 Å². The first kappa shape index (κ1) is 12.4. The molecule has 2 aliphatic rings. The molecule has 0 saturated heterocycles. The van der Waals surface area contributed by atoms with Crippen LogP contribution in [0.5, 0.6) is 0 Å². The topological polar surface area (TPSA) is 29.1 Å². The molecule has 1 aromatic carbocycles. The summed E-state index contributed by atoms with van der Waals surface area (Å²) in [5, 5.41) is 2.90. The van der Waals surface area contributed by atoms with E-state index in [1.807, 2.05) is 0 Å². The Morgan fingerprint density at radius 3 is 2.21 bits per heavy atom. The van der Waals surface area contributed by atoms with Crippen molar-refractivity contribution >= 4 is 11.6 Å². The smallest absolute Gasteiger partial charge is 0.228 e. The van der Waals surface area contributed by atoms with E-state index in [0.717, 1.165) is 25.7 Å². The van der Waals surface area contributed by atoms with Gasteiger partial charge in [-0.3, -0.25) is 4.79 Å². The molecule has 1 saturated carbocycles. The summed E-state index contributed by atoms with van der Waals surface area (Å²) in [5.74, 6) is 1.07. The van der Waals surface area contributed by atoms with Gasteiger partial charge in [0.15, 0.2) is 0 Å². The summed E-state index contributed by atoms with van der Waals surface area (Å²) in [5.41, 5.74) is 0.684. The molecule has 0 bridgehead atoms. The molecule has 0 unspecified atom stereocenters. The van der Waals surface area contributed by atoms with Crippen LogP contribution in [0, 0.1) is 23.6 Å². The first-order valence-electron chi connectivity index (χ1n) is 6.97. The van der Waals surface area contributed by atoms with Crippen LogP contribution in [0.3, 0.4) is 0 Å². The second kappa shape index (κ2) is 5.16. The lowest BCUT2D eigenvalue weighted by Gasteiger charge is -2.04. The Balaban J connectivity index is 1.61. The fraction of sp³-hybridized carbons (Fsp3) is 0.438. The third kappa shape index (κ3) is 2.70. The van der Waals surface area contributed by atoms with Gasteiger partial charge in [0, 0.05) is 11.6 Å². The molecule has 2 aliphatic carbocycles. The van der Waals surface area contributed by atoms with Crippen molar-refractivity contribution in [2.45, 2.75) is 25.7 Å². The zero-order valence-corrected chi connectivity index (χ0v) is 10.8. The number of hydrogen-bond acceptors (Lipinski definition) is 1.